The molecule has 0 bridgehead atoms. The van der Waals surface area contributed by atoms with Crippen molar-refractivity contribution in [3.63, 3.8) is 0 Å². The molecule has 2 fully saturated rings. The number of hydrogen-bond donors (Lipinski definition) is 1. The first-order valence-electron chi connectivity index (χ1n) is 12.9. The summed E-state index contributed by atoms with van der Waals surface area (Å²) in [5.74, 6) is 0.549. The number of nitrogens with zero attached hydrogens (tertiary/aromatic N) is 4. The van der Waals surface area contributed by atoms with Crippen molar-refractivity contribution in [1.29, 1.82) is 0 Å². The van der Waals surface area contributed by atoms with Crippen LogP contribution in [0, 0.1) is 0 Å². The van der Waals surface area contributed by atoms with Gasteiger partial charge in [-0.3, -0.25) is 10.1 Å². The molecule has 0 spiro atoms. The number of methoxy groups -OCH3 is 1. The molecule has 1 amide bonds. The van der Waals surface area contributed by atoms with Gasteiger partial charge in [0.25, 0.3) is 0 Å². The van der Waals surface area contributed by atoms with Gasteiger partial charge in [-0.15, -0.1) is 5.10 Å². The fourth-order valence-corrected chi connectivity index (χ4v) is 5.57. The molecule has 0 radical (unpaired) electrons. The normalized spacial score (nSPS) is 17.5. The fraction of sp³-hybridized carbons (Fsp3) is 0.429. The summed E-state index contributed by atoms with van der Waals surface area (Å²) >= 11 is 6.24. The molecule has 1 saturated carbocycles. The number of aryl methyl sites for hydroxylation is 1. The summed E-state index contributed by atoms with van der Waals surface area (Å²) in [6.45, 7) is 3.47. The van der Waals surface area contributed by atoms with Crippen molar-refractivity contribution in [2.75, 3.05) is 30.4 Å². The number of piperidine rings is 1. The number of aromatic nitrogens is 3. The second-order valence-corrected chi connectivity index (χ2v) is 10.4. The molecule has 2 heterocycles. The average Bonchev–Trinajstić information content (AvgIpc) is 3.67. The highest BCUT2D eigenvalue weighted by atomic mass is 35.5. The first kappa shape index (κ1) is 26.0. The molecule has 1 aromatic heterocycles. The van der Waals surface area contributed by atoms with E-state index in [0.717, 1.165) is 61.3 Å². The van der Waals surface area contributed by atoms with Crippen LogP contribution < -0.4 is 10.2 Å². The Balaban J connectivity index is 1.20. The average molecular weight is 538 g/mol. The standard InChI is InChI=1S/C28H32ClN5O4/c1-18(22-6-4-5-7-23(22)29)38-27(36)30-25-24(31-32-33(25)2)19-12-16-34(17-13-19)21-10-8-20(9-11-21)28(14-15-28)26(35)37-3/h4-11,18-19H,12-17H2,1-3H3,(H,30,36)/t18-/m1/s1. The fourth-order valence-electron chi connectivity index (χ4n) is 5.28. The largest absolute Gasteiger partial charge is 0.468 e. The van der Waals surface area contributed by atoms with Gasteiger partial charge >= 0.3 is 12.1 Å². The molecule has 2 aromatic carbocycles. The Morgan fingerprint density at radius 1 is 1.11 bits per heavy atom. The van der Waals surface area contributed by atoms with Crippen molar-refractivity contribution in [2.45, 2.75) is 50.0 Å². The molecular weight excluding hydrogens is 506 g/mol. The first-order chi connectivity index (χ1) is 18.3. The van der Waals surface area contributed by atoms with Gasteiger partial charge in [0.05, 0.1) is 12.5 Å². The van der Waals surface area contributed by atoms with Crippen LogP contribution in [0.5, 0.6) is 0 Å². The van der Waals surface area contributed by atoms with E-state index in [1.807, 2.05) is 30.3 Å². The van der Waals surface area contributed by atoms with E-state index >= 15 is 0 Å². The van der Waals surface area contributed by atoms with Gasteiger partial charge in [-0.05, 0) is 56.4 Å². The number of carbonyl (C=O) groups is 2. The monoisotopic (exact) mass is 537 g/mol. The molecule has 1 aliphatic carbocycles. The molecule has 3 aromatic rings. The summed E-state index contributed by atoms with van der Waals surface area (Å²) in [4.78, 5) is 27.2. The zero-order chi connectivity index (χ0) is 26.9. The van der Waals surface area contributed by atoms with E-state index in [0.29, 0.717) is 10.8 Å². The lowest BCUT2D eigenvalue weighted by Crippen LogP contribution is -2.33. The highest BCUT2D eigenvalue weighted by Gasteiger charge is 2.52. The van der Waals surface area contributed by atoms with Crippen LogP contribution in [-0.4, -0.2) is 47.3 Å². The van der Waals surface area contributed by atoms with Gasteiger partial charge in [0.2, 0.25) is 0 Å². The zero-order valence-corrected chi connectivity index (χ0v) is 22.6. The predicted molar refractivity (Wildman–Crippen MR) is 145 cm³/mol. The molecular formula is C28H32ClN5O4. The van der Waals surface area contributed by atoms with Gasteiger partial charge in [0.15, 0.2) is 5.82 Å². The molecule has 1 N–H and O–H groups in total. The van der Waals surface area contributed by atoms with E-state index in [4.69, 9.17) is 21.1 Å². The van der Waals surface area contributed by atoms with Crippen molar-refractivity contribution < 1.29 is 19.1 Å². The Kier molecular flexibility index (Phi) is 7.29. The molecule has 38 heavy (non-hydrogen) atoms. The number of anilines is 2. The van der Waals surface area contributed by atoms with Crippen LogP contribution in [0.2, 0.25) is 5.02 Å². The summed E-state index contributed by atoms with van der Waals surface area (Å²) in [6, 6.07) is 15.6. The van der Waals surface area contributed by atoms with Gasteiger partial charge in [-0.25, -0.2) is 9.48 Å². The van der Waals surface area contributed by atoms with Crippen LogP contribution in [0.1, 0.15) is 61.4 Å². The number of carbonyl (C=O) groups excluding carboxylic acids is 2. The lowest BCUT2D eigenvalue weighted by atomic mass is 9.92. The van der Waals surface area contributed by atoms with E-state index in [9.17, 15) is 9.59 Å². The van der Waals surface area contributed by atoms with E-state index in [1.54, 1.807) is 24.7 Å². The Hall–Kier alpha value is -3.59. The molecule has 200 valence electrons. The minimum Gasteiger partial charge on any atom is -0.468 e. The van der Waals surface area contributed by atoms with Gasteiger partial charge in [0.1, 0.15) is 11.8 Å². The van der Waals surface area contributed by atoms with E-state index in [1.165, 1.54) is 7.11 Å². The first-order valence-corrected chi connectivity index (χ1v) is 13.3. The third-order valence-corrected chi connectivity index (χ3v) is 8.04. The highest BCUT2D eigenvalue weighted by Crippen LogP contribution is 2.49. The topological polar surface area (TPSA) is 98.6 Å². The minimum absolute atomic E-state index is 0.151. The summed E-state index contributed by atoms with van der Waals surface area (Å²) in [6.07, 6.45) is 2.32. The molecule has 1 saturated heterocycles. The lowest BCUT2D eigenvalue weighted by molar-refractivity contribution is -0.143. The molecule has 2 aliphatic rings. The maximum absolute atomic E-state index is 12.7. The van der Waals surface area contributed by atoms with Crippen molar-refractivity contribution in [3.8, 4) is 0 Å². The van der Waals surface area contributed by atoms with Gasteiger partial charge in [0, 0.05) is 42.3 Å². The number of rotatable bonds is 7. The number of esters is 1. The van der Waals surface area contributed by atoms with Crippen molar-refractivity contribution in [2.24, 2.45) is 7.05 Å². The number of nitrogens with one attached hydrogen (secondary N) is 1. The number of ether oxygens (including phenoxy) is 2. The Morgan fingerprint density at radius 2 is 1.79 bits per heavy atom. The molecule has 5 rings (SSSR count). The van der Waals surface area contributed by atoms with Crippen LogP contribution in [0.4, 0.5) is 16.3 Å². The Bertz CT molecular complexity index is 1310. The smallest absolute Gasteiger partial charge is 0.413 e. The number of benzene rings is 2. The van der Waals surface area contributed by atoms with E-state index in [2.05, 4.69) is 32.7 Å². The van der Waals surface area contributed by atoms with Crippen molar-refractivity contribution >= 4 is 35.2 Å². The van der Waals surface area contributed by atoms with Gasteiger partial charge in [-0.2, -0.15) is 0 Å². The summed E-state index contributed by atoms with van der Waals surface area (Å²) in [5.41, 5.74) is 3.20. The van der Waals surface area contributed by atoms with Crippen molar-refractivity contribution in [3.05, 3.63) is 70.4 Å². The molecule has 0 unspecified atom stereocenters. The number of hydrogen-bond acceptors (Lipinski definition) is 7. The van der Waals surface area contributed by atoms with Crippen LogP contribution >= 0.6 is 11.6 Å². The maximum Gasteiger partial charge on any atom is 0.413 e. The molecule has 1 atom stereocenters. The second kappa shape index (κ2) is 10.6. The summed E-state index contributed by atoms with van der Waals surface area (Å²) < 4.78 is 12.2. The quantitative estimate of drug-likeness (QED) is 0.405. The Labute approximate surface area is 227 Å². The zero-order valence-electron chi connectivity index (χ0n) is 21.8. The van der Waals surface area contributed by atoms with Crippen LogP contribution in [0.15, 0.2) is 48.5 Å². The SMILES string of the molecule is COC(=O)C1(c2ccc(N3CCC(c4nnn(C)c4NC(=O)O[C@H](C)c4ccccc4Cl)CC3)cc2)CC1. The lowest BCUT2D eigenvalue weighted by Gasteiger charge is -2.33. The van der Waals surface area contributed by atoms with Gasteiger partial charge in [-0.1, -0.05) is 47.1 Å². The summed E-state index contributed by atoms with van der Waals surface area (Å²) in [5, 5.41) is 11.9. The maximum atomic E-state index is 12.7. The van der Waals surface area contributed by atoms with Crippen LogP contribution in [0.3, 0.4) is 0 Å². The third-order valence-electron chi connectivity index (χ3n) is 7.69. The van der Waals surface area contributed by atoms with E-state index < -0.39 is 17.6 Å². The molecule has 9 nitrogen and oxygen atoms in total. The third kappa shape index (κ3) is 5.07. The van der Waals surface area contributed by atoms with Crippen LogP contribution in [-0.2, 0) is 26.7 Å². The Morgan fingerprint density at radius 3 is 2.42 bits per heavy atom. The van der Waals surface area contributed by atoms with Crippen LogP contribution in [0.25, 0.3) is 0 Å². The second-order valence-electron chi connectivity index (χ2n) is 10.0. The predicted octanol–water partition coefficient (Wildman–Crippen LogP) is 5.37. The highest BCUT2D eigenvalue weighted by molar-refractivity contribution is 6.31. The minimum atomic E-state index is -0.581. The molecule has 1 aliphatic heterocycles. The number of halogens is 1. The summed E-state index contributed by atoms with van der Waals surface area (Å²) in [7, 11) is 3.20. The molecule has 10 heteroatoms. The van der Waals surface area contributed by atoms with Gasteiger partial charge < -0.3 is 14.4 Å². The van der Waals surface area contributed by atoms with E-state index in [-0.39, 0.29) is 11.9 Å². The number of amides is 1. The van der Waals surface area contributed by atoms with Crippen molar-refractivity contribution in [1.82, 2.24) is 15.0 Å².